The molecule has 1 nitrogen and oxygen atoms in total. The zero-order chi connectivity index (χ0) is 12.6. The molecule has 17 heavy (non-hydrogen) atoms. The monoisotopic (exact) mass is 273 g/mol. The van der Waals surface area contributed by atoms with Crippen LogP contribution >= 0.6 is 22.9 Å². The highest BCUT2D eigenvalue weighted by atomic mass is 35.5. The molecule has 0 bridgehead atoms. The Labute approximate surface area is 107 Å². The van der Waals surface area contributed by atoms with E-state index in [4.69, 9.17) is 17.3 Å². The highest BCUT2D eigenvalue weighted by Crippen LogP contribution is 2.35. The average molecular weight is 274 g/mol. The summed E-state index contributed by atoms with van der Waals surface area (Å²) in [6.07, 6.45) is 0. The fourth-order valence-electron chi connectivity index (χ4n) is 1.55. The van der Waals surface area contributed by atoms with Crippen LogP contribution in [0, 0.1) is 18.6 Å². The lowest BCUT2D eigenvalue weighted by molar-refractivity contribution is 0.578. The van der Waals surface area contributed by atoms with Crippen molar-refractivity contribution >= 4 is 22.9 Å². The Bertz CT molecular complexity index is 553. The predicted molar refractivity (Wildman–Crippen MR) is 66.5 cm³/mol. The van der Waals surface area contributed by atoms with Gasteiger partial charge in [-0.2, -0.15) is 0 Å². The quantitative estimate of drug-likeness (QED) is 0.878. The van der Waals surface area contributed by atoms with E-state index >= 15 is 0 Å². The third-order valence-electron chi connectivity index (χ3n) is 2.50. The summed E-state index contributed by atoms with van der Waals surface area (Å²) >= 11 is 7.41. The van der Waals surface area contributed by atoms with Crippen molar-refractivity contribution in [1.29, 1.82) is 0 Å². The molecule has 0 saturated carbocycles. The molecular weight excluding hydrogens is 264 g/mol. The van der Waals surface area contributed by atoms with E-state index in [2.05, 4.69) is 0 Å². The lowest BCUT2D eigenvalue weighted by Crippen LogP contribution is -2.13. The number of hydrogen-bond donors (Lipinski definition) is 1. The molecule has 0 amide bonds. The molecule has 1 atom stereocenters. The lowest BCUT2D eigenvalue weighted by Gasteiger charge is -2.12. The maximum atomic E-state index is 13.6. The van der Waals surface area contributed by atoms with Crippen LogP contribution in [0.2, 0.25) is 5.02 Å². The Hall–Kier alpha value is -0.970. The smallest absolute Gasteiger partial charge is 0.128 e. The van der Waals surface area contributed by atoms with E-state index < -0.39 is 17.7 Å². The largest absolute Gasteiger partial charge is 0.319 e. The Kier molecular flexibility index (Phi) is 3.47. The van der Waals surface area contributed by atoms with Crippen molar-refractivity contribution < 1.29 is 8.78 Å². The first-order valence-electron chi connectivity index (χ1n) is 4.94. The normalized spacial score (nSPS) is 12.8. The van der Waals surface area contributed by atoms with Gasteiger partial charge in [0.2, 0.25) is 0 Å². The number of hydrogen-bond acceptors (Lipinski definition) is 2. The zero-order valence-electron chi connectivity index (χ0n) is 9.01. The fourth-order valence-corrected chi connectivity index (χ4v) is 2.88. The maximum Gasteiger partial charge on any atom is 0.128 e. The second-order valence-electron chi connectivity index (χ2n) is 3.74. The summed E-state index contributed by atoms with van der Waals surface area (Å²) in [6.45, 7) is 1.84. The first kappa shape index (κ1) is 12.5. The number of thiophene rings is 1. The van der Waals surface area contributed by atoms with Crippen molar-refractivity contribution in [3.05, 3.63) is 56.2 Å². The first-order valence-corrected chi connectivity index (χ1v) is 6.20. The van der Waals surface area contributed by atoms with E-state index in [0.717, 1.165) is 23.8 Å². The number of halogens is 3. The van der Waals surface area contributed by atoms with E-state index in [1.807, 2.05) is 12.3 Å². The minimum atomic E-state index is -0.739. The Morgan fingerprint density at radius 3 is 2.65 bits per heavy atom. The van der Waals surface area contributed by atoms with Crippen LogP contribution in [-0.4, -0.2) is 0 Å². The molecular formula is C12H10ClF2NS. The Morgan fingerprint density at radius 2 is 2.06 bits per heavy atom. The van der Waals surface area contributed by atoms with E-state index in [-0.39, 0.29) is 5.56 Å². The molecule has 0 aliphatic heterocycles. The van der Waals surface area contributed by atoms with E-state index in [1.54, 1.807) is 0 Å². The lowest BCUT2D eigenvalue weighted by atomic mass is 10.0. The summed E-state index contributed by atoms with van der Waals surface area (Å²) in [5, 5.41) is 2.36. The number of rotatable bonds is 2. The van der Waals surface area contributed by atoms with Crippen LogP contribution in [0.3, 0.4) is 0 Å². The van der Waals surface area contributed by atoms with Crippen LogP contribution in [0.1, 0.15) is 22.0 Å². The van der Waals surface area contributed by atoms with E-state index in [9.17, 15) is 8.78 Å². The molecule has 1 heterocycles. The SMILES string of the molecule is Cc1csc(C(N)c2cc(F)ccc2F)c1Cl. The summed E-state index contributed by atoms with van der Waals surface area (Å²) in [6, 6.07) is 2.49. The van der Waals surface area contributed by atoms with Crippen molar-refractivity contribution in [1.82, 2.24) is 0 Å². The van der Waals surface area contributed by atoms with Crippen LogP contribution in [0.15, 0.2) is 23.6 Å². The molecule has 0 fully saturated rings. The third-order valence-corrected chi connectivity index (χ3v) is 4.30. The molecule has 5 heteroatoms. The van der Waals surface area contributed by atoms with Crippen molar-refractivity contribution in [2.24, 2.45) is 5.73 Å². The van der Waals surface area contributed by atoms with Crippen molar-refractivity contribution in [2.45, 2.75) is 13.0 Å². The molecule has 2 rings (SSSR count). The second kappa shape index (κ2) is 4.72. The molecule has 0 spiro atoms. The maximum absolute atomic E-state index is 13.6. The summed E-state index contributed by atoms with van der Waals surface area (Å²) in [4.78, 5) is 0.647. The molecule has 0 saturated heterocycles. The van der Waals surface area contributed by atoms with Gasteiger partial charge in [0, 0.05) is 10.4 Å². The van der Waals surface area contributed by atoms with Gasteiger partial charge in [0.1, 0.15) is 11.6 Å². The summed E-state index contributed by atoms with van der Waals surface area (Å²) < 4.78 is 26.6. The van der Waals surface area contributed by atoms with E-state index in [0.29, 0.717) is 9.90 Å². The summed E-state index contributed by atoms with van der Waals surface area (Å²) in [5.41, 5.74) is 6.93. The van der Waals surface area contributed by atoms with Crippen molar-refractivity contribution in [2.75, 3.05) is 0 Å². The van der Waals surface area contributed by atoms with E-state index in [1.165, 1.54) is 11.3 Å². The Morgan fingerprint density at radius 1 is 1.35 bits per heavy atom. The third kappa shape index (κ3) is 2.34. The van der Waals surface area contributed by atoms with Crippen LogP contribution in [0.5, 0.6) is 0 Å². The van der Waals surface area contributed by atoms with Gasteiger partial charge in [-0.25, -0.2) is 8.78 Å². The van der Waals surface area contributed by atoms with Gasteiger partial charge >= 0.3 is 0 Å². The van der Waals surface area contributed by atoms with Crippen LogP contribution in [0.25, 0.3) is 0 Å². The van der Waals surface area contributed by atoms with Gasteiger partial charge in [-0.1, -0.05) is 11.6 Å². The fraction of sp³-hybridized carbons (Fsp3) is 0.167. The minimum absolute atomic E-state index is 0.119. The second-order valence-corrected chi connectivity index (χ2v) is 5.03. The standard InChI is InChI=1S/C12H10ClF2NS/c1-6-5-17-12(10(6)13)11(16)8-4-7(14)2-3-9(8)15/h2-5,11H,16H2,1H3. The number of benzene rings is 1. The minimum Gasteiger partial charge on any atom is -0.319 e. The van der Waals surface area contributed by atoms with Gasteiger partial charge in [-0.15, -0.1) is 11.3 Å². The molecule has 1 aromatic carbocycles. The average Bonchev–Trinajstić information content (AvgIpc) is 2.62. The van der Waals surface area contributed by atoms with Crippen LogP contribution in [-0.2, 0) is 0 Å². The molecule has 90 valence electrons. The number of aryl methyl sites for hydroxylation is 1. The predicted octanol–water partition coefficient (Wildman–Crippen LogP) is 4.04. The molecule has 0 aliphatic carbocycles. The molecule has 2 N–H and O–H groups in total. The van der Waals surface area contributed by atoms with Gasteiger partial charge in [0.25, 0.3) is 0 Å². The van der Waals surface area contributed by atoms with Gasteiger partial charge < -0.3 is 5.73 Å². The van der Waals surface area contributed by atoms with Gasteiger partial charge in [-0.3, -0.25) is 0 Å². The highest BCUT2D eigenvalue weighted by molar-refractivity contribution is 7.10. The Balaban J connectivity index is 2.47. The van der Waals surface area contributed by atoms with Gasteiger partial charge in [0.15, 0.2) is 0 Å². The van der Waals surface area contributed by atoms with Crippen LogP contribution in [0.4, 0.5) is 8.78 Å². The molecule has 2 aromatic rings. The van der Waals surface area contributed by atoms with Crippen molar-refractivity contribution in [3.8, 4) is 0 Å². The molecule has 0 aliphatic rings. The molecule has 1 unspecified atom stereocenters. The van der Waals surface area contributed by atoms with Gasteiger partial charge in [0.05, 0.1) is 11.1 Å². The van der Waals surface area contributed by atoms with Crippen LogP contribution < -0.4 is 5.73 Å². The van der Waals surface area contributed by atoms with Crippen molar-refractivity contribution in [3.63, 3.8) is 0 Å². The summed E-state index contributed by atoms with van der Waals surface area (Å²) in [7, 11) is 0. The number of nitrogens with two attached hydrogens (primary N) is 1. The first-order chi connectivity index (χ1) is 8.00. The highest BCUT2D eigenvalue weighted by Gasteiger charge is 2.19. The topological polar surface area (TPSA) is 26.0 Å². The zero-order valence-corrected chi connectivity index (χ0v) is 10.6. The molecule has 0 radical (unpaired) electrons. The van der Waals surface area contributed by atoms with Gasteiger partial charge in [-0.05, 0) is 36.1 Å². The molecule has 1 aromatic heterocycles. The summed E-state index contributed by atoms with van der Waals surface area (Å²) in [5.74, 6) is -1.04.